The van der Waals surface area contributed by atoms with Crippen molar-refractivity contribution in [1.29, 1.82) is 0 Å². The van der Waals surface area contributed by atoms with Crippen molar-refractivity contribution in [1.82, 2.24) is 4.57 Å². The molecule has 10 heteroatoms. The van der Waals surface area contributed by atoms with E-state index in [1.165, 1.54) is 28.0 Å². The first kappa shape index (κ1) is 30.4. The number of nitrogens with zero attached hydrogens (tertiary/aromatic N) is 2. The second kappa shape index (κ2) is 13.2. The number of benzene rings is 4. The quantitative estimate of drug-likeness (QED) is 0.170. The number of methoxy groups -OCH3 is 1. The van der Waals surface area contributed by atoms with E-state index in [0.29, 0.717) is 48.8 Å². The van der Waals surface area contributed by atoms with Crippen molar-refractivity contribution in [3.63, 3.8) is 0 Å². The summed E-state index contributed by atoms with van der Waals surface area (Å²) >= 11 is 1.17. The molecule has 0 saturated heterocycles. The molecule has 0 N–H and O–H groups in total. The largest absolute Gasteiger partial charge is 0.497 e. The van der Waals surface area contributed by atoms with Gasteiger partial charge in [0.15, 0.2) is 4.80 Å². The van der Waals surface area contributed by atoms with Crippen LogP contribution in [0.5, 0.6) is 11.5 Å². The fourth-order valence-corrected chi connectivity index (χ4v) is 6.08. The van der Waals surface area contributed by atoms with Crippen molar-refractivity contribution in [2.75, 3.05) is 13.7 Å². The second-order valence-electron chi connectivity index (χ2n) is 10.2. The molecular weight excluding hydrogens is 607 g/mol. The average molecular weight is 635 g/mol. The highest BCUT2D eigenvalue weighted by atomic mass is 32.1. The number of aromatic nitrogens is 1. The van der Waals surface area contributed by atoms with Crippen molar-refractivity contribution in [2.45, 2.75) is 13.0 Å². The maximum atomic E-state index is 14.0. The predicted octanol–water partition coefficient (Wildman–Crippen LogP) is 5.30. The summed E-state index contributed by atoms with van der Waals surface area (Å²) in [6.45, 7) is 1.82. The molecule has 0 saturated carbocycles. The van der Waals surface area contributed by atoms with Crippen molar-refractivity contribution in [3.05, 3.63) is 156 Å². The molecule has 4 aromatic carbocycles. The average Bonchev–Trinajstić information content (AvgIpc) is 3.39. The van der Waals surface area contributed by atoms with E-state index in [0.717, 1.165) is 0 Å². The van der Waals surface area contributed by atoms with Gasteiger partial charge in [-0.2, -0.15) is 0 Å². The molecule has 0 spiro atoms. The Hall–Kier alpha value is -5.61. The van der Waals surface area contributed by atoms with Crippen LogP contribution in [0.3, 0.4) is 0 Å². The Morgan fingerprint density at radius 3 is 2.22 bits per heavy atom. The fourth-order valence-electron chi connectivity index (χ4n) is 5.08. The second-order valence-corrected chi connectivity index (χ2v) is 11.2. The third kappa shape index (κ3) is 6.15. The summed E-state index contributed by atoms with van der Waals surface area (Å²) in [6, 6.07) is 27.3. The maximum absolute atomic E-state index is 14.0. The molecule has 0 aliphatic carbocycles. The number of fused-ring (bicyclic) bond motifs is 1. The van der Waals surface area contributed by atoms with Crippen LogP contribution in [0.1, 0.15) is 40.0 Å². The molecule has 0 radical (unpaired) electrons. The van der Waals surface area contributed by atoms with Gasteiger partial charge in [0.1, 0.15) is 17.3 Å². The van der Waals surface area contributed by atoms with Crippen LogP contribution in [0, 0.1) is 5.82 Å². The van der Waals surface area contributed by atoms with Crippen LogP contribution in [0.4, 0.5) is 4.39 Å². The van der Waals surface area contributed by atoms with Gasteiger partial charge in [0.2, 0.25) is 0 Å². The smallest absolute Gasteiger partial charge is 0.343 e. The molecule has 0 fully saturated rings. The Morgan fingerprint density at radius 2 is 1.57 bits per heavy atom. The zero-order valence-electron chi connectivity index (χ0n) is 24.8. The highest BCUT2D eigenvalue weighted by Crippen LogP contribution is 2.35. The van der Waals surface area contributed by atoms with E-state index in [2.05, 4.69) is 0 Å². The Bertz CT molecular complexity index is 2120. The number of thiazole rings is 1. The van der Waals surface area contributed by atoms with Gasteiger partial charge in [-0.15, -0.1) is 0 Å². The highest BCUT2D eigenvalue weighted by molar-refractivity contribution is 7.07. The van der Waals surface area contributed by atoms with Crippen molar-refractivity contribution >= 4 is 35.0 Å². The van der Waals surface area contributed by atoms with Gasteiger partial charge >= 0.3 is 11.9 Å². The molecule has 5 aromatic rings. The van der Waals surface area contributed by atoms with Crippen LogP contribution >= 0.6 is 11.3 Å². The van der Waals surface area contributed by atoms with Gasteiger partial charge in [-0.05, 0) is 72.7 Å². The van der Waals surface area contributed by atoms with Gasteiger partial charge in [0, 0.05) is 5.56 Å². The molecule has 1 aliphatic heterocycles. The third-order valence-corrected chi connectivity index (χ3v) is 8.26. The minimum atomic E-state index is -0.909. The van der Waals surface area contributed by atoms with Crippen LogP contribution < -0.4 is 24.4 Å². The van der Waals surface area contributed by atoms with E-state index >= 15 is 0 Å². The molecule has 46 heavy (non-hydrogen) atoms. The van der Waals surface area contributed by atoms with Crippen LogP contribution in [0.25, 0.3) is 11.8 Å². The highest BCUT2D eigenvalue weighted by Gasteiger charge is 2.35. The zero-order valence-corrected chi connectivity index (χ0v) is 25.6. The fraction of sp³-hybridized carbons (Fsp3) is 0.111. The summed E-state index contributed by atoms with van der Waals surface area (Å²) in [5, 5.41) is 0. The summed E-state index contributed by atoms with van der Waals surface area (Å²) in [4.78, 5) is 45.3. The van der Waals surface area contributed by atoms with Gasteiger partial charge < -0.3 is 14.2 Å². The number of carbonyl (C=O) groups excluding carboxylic acids is 2. The van der Waals surface area contributed by atoms with E-state index in [1.807, 2.05) is 30.3 Å². The SMILES string of the molecule is CCOC(=O)C1=C(c2ccccc2)N=c2s/c(=C\c3ccc(OC(=O)c4ccc(OC)cc4)cc3)c(=O)n2[C@H]1c1ccc(F)cc1. The standard InChI is InChI=1S/C36H27FN2O6S/c1-3-44-35(42)30-31(23-7-5-4-6-8-23)38-36-39(32(30)24-11-15-26(37)16-12-24)33(40)29(46-36)21-22-9-17-28(18-10-22)45-34(41)25-13-19-27(43-2)20-14-25/h4-21,32H,3H2,1-2H3/b29-21-/t32-/m0/s1. The van der Waals surface area contributed by atoms with Gasteiger partial charge in [0.25, 0.3) is 5.56 Å². The molecule has 8 nitrogen and oxygen atoms in total. The summed E-state index contributed by atoms with van der Waals surface area (Å²) in [7, 11) is 1.55. The molecule has 1 aromatic heterocycles. The Kier molecular flexibility index (Phi) is 8.71. The Balaban J connectivity index is 1.41. The molecule has 230 valence electrons. The number of esters is 2. The molecule has 1 aliphatic rings. The van der Waals surface area contributed by atoms with Crippen molar-refractivity contribution in [2.24, 2.45) is 4.99 Å². The first-order valence-corrected chi connectivity index (χ1v) is 15.2. The Labute approximate surface area is 267 Å². The lowest BCUT2D eigenvalue weighted by Crippen LogP contribution is -2.40. The van der Waals surface area contributed by atoms with Gasteiger partial charge in [-0.1, -0.05) is 65.9 Å². The van der Waals surface area contributed by atoms with Gasteiger partial charge in [-0.3, -0.25) is 9.36 Å². The van der Waals surface area contributed by atoms with Crippen molar-refractivity contribution in [3.8, 4) is 11.5 Å². The lowest BCUT2D eigenvalue weighted by Gasteiger charge is -2.25. The summed E-state index contributed by atoms with van der Waals surface area (Å²) in [5.41, 5.74) is 2.45. The number of carbonyl (C=O) groups is 2. The van der Waals surface area contributed by atoms with E-state index in [1.54, 1.807) is 80.8 Å². The third-order valence-electron chi connectivity index (χ3n) is 7.27. The van der Waals surface area contributed by atoms with Crippen molar-refractivity contribution < 1.29 is 28.2 Å². The first-order chi connectivity index (χ1) is 22.4. The van der Waals surface area contributed by atoms with Gasteiger partial charge in [-0.25, -0.2) is 19.0 Å². The summed E-state index contributed by atoms with van der Waals surface area (Å²) < 4.78 is 31.9. The number of halogens is 1. The van der Waals surface area contributed by atoms with Crippen LogP contribution in [-0.2, 0) is 9.53 Å². The molecule has 1 atom stereocenters. The summed E-state index contributed by atoms with van der Waals surface area (Å²) in [6.07, 6.45) is 1.71. The van der Waals surface area contributed by atoms with Crippen LogP contribution in [0.15, 0.2) is 118 Å². The normalized spacial score (nSPS) is 14.3. The molecule has 0 amide bonds. The lowest BCUT2D eigenvalue weighted by atomic mass is 9.93. The number of hydrogen-bond acceptors (Lipinski definition) is 8. The lowest BCUT2D eigenvalue weighted by molar-refractivity contribution is -0.138. The minimum Gasteiger partial charge on any atom is -0.497 e. The summed E-state index contributed by atoms with van der Waals surface area (Å²) in [5.74, 6) is -0.616. The van der Waals surface area contributed by atoms with Gasteiger partial charge in [0.05, 0.1) is 41.1 Å². The number of rotatable bonds is 8. The van der Waals surface area contributed by atoms with E-state index in [-0.39, 0.29) is 17.7 Å². The zero-order chi connectivity index (χ0) is 32.2. The topological polar surface area (TPSA) is 96.2 Å². The molecule has 2 heterocycles. The molecule has 6 rings (SSSR count). The monoisotopic (exact) mass is 634 g/mol. The van der Waals surface area contributed by atoms with Crippen LogP contribution in [-0.4, -0.2) is 30.2 Å². The predicted molar refractivity (Wildman–Crippen MR) is 172 cm³/mol. The van der Waals surface area contributed by atoms with E-state index in [9.17, 15) is 18.8 Å². The maximum Gasteiger partial charge on any atom is 0.343 e. The molecular formula is C36H27FN2O6S. The number of hydrogen-bond donors (Lipinski definition) is 0. The molecule has 0 unspecified atom stereocenters. The molecule has 0 bridgehead atoms. The number of ether oxygens (including phenoxy) is 3. The van der Waals surface area contributed by atoms with Crippen LogP contribution in [0.2, 0.25) is 0 Å². The van der Waals surface area contributed by atoms with E-state index < -0.39 is 23.8 Å². The minimum absolute atomic E-state index is 0.121. The Morgan fingerprint density at radius 1 is 0.891 bits per heavy atom. The first-order valence-electron chi connectivity index (χ1n) is 14.4. The van der Waals surface area contributed by atoms with E-state index in [4.69, 9.17) is 19.2 Å².